The lowest BCUT2D eigenvalue weighted by Gasteiger charge is -2.34. The number of hydrogen-bond donors (Lipinski definition) is 1. The fourth-order valence-corrected chi connectivity index (χ4v) is 3.25. The van der Waals surface area contributed by atoms with Gasteiger partial charge in [0.25, 0.3) is 0 Å². The maximum atomic E-state index is 12.3. The van der Waals surface area contributed by atoms with E-state index in [1.807, 2.05) is 45.0 Å². The molecule has 0 aromatic carbocycles. The maximum absolute atomic E-state index is 12.3. The zero-order valence-corrected chi connectivity index (χ0v) is 14.6. The van der Waals surface area contributed by atoms with Gasteiger partial charge < -0.3 is 10.2 Å². The molecule has 1 fully saturated rings. The average Bonchev–Trinajstić information content (AvgIpc) is 2.85. The van der Waals surface area contributed by atoms with Gasteiger partial charge in [-0.2, -0.15) is 5.10 Å². The normalized spacial score (nSPS) is 17.8. The highest BCUT2D eigenvalue weighted by atomic mass is 16.2. The van der Waals surface area contributed by atoms with E-state index >= 15 is 0 Å². The van der Waals surface area contributed by atoms with Crippen LogP contribution in [0.15, 0.2) is 24.3 Å². The van der Waals surface area contributed by atoms with Gasteiger partial charge in [-0.05, 0) is 51.8 Å². The van der Waals surface area contributed by atoms with E-state index in [0.29, 0.717) is 0 Å². The minimum Gasteiger partial charge on any atom is -0.355 e. The monoisotopic (exact) mass is 327 g/mol. The lowest BCUT2D eigenvalue weighted by atomic mass is 10.1. The van der Waals surface area contributed by atoms with Gasteiger partial charge in [-0.3, -0.25) is 9.48 Å². The van der Waals surface area contributed by atoms with Crippen LogP contribution in [-0.2, 0) is 11.3 Å². The Morgan fingerprint density at radius 1 is 1.29 bits per heavy atom. The summed E-state index contributed by atoms with van der Waals surface area (Å²) < 4.78 is 1.76. The van der Waals surface area contributed by atoms with Crippen molar-refractivity contribution in [1.29, 1.82) is 0 Å². The molecule has 1 aliphatic rings. The fraction of sp³-hybridized carbons (Fsp3) is 0.500. The molecule has 6 nitrogen and oxygen atoms in total. The molecule has 0 saturated carbocycles. The molecule has 128 valence electrons. The molecule has 0 bridgehead atoms. The van der Waals surface area contributed by atoms with Crippen molar-refractivity contribution in [2.24, 2.45) is 0 Å². The third-order valence-electron chi connectivity index (χ3n) is 4.38. The minimum atomic E-state index is 0.0188. The number of aryl methyl sites for hydroxylation is 3. The van der Waals surface area contributed by atoms with Crippen LogP contribution >= 0.6 is 0 Å². The van der Waals surface area contributed by atoms with Gasteiger partial charge in [-0.25, -0.2) is 4.98 Å². The molecular weight excluding hydrogens is 302 g/mol. The summed E-state index contributed by atoms with van der Waals surface area (Å²) in [5, 5.41) is 7.50. The molecule has 6 heteroatoms. The van der Waals surface area contributed by atoms with Crippen molar-refractivity contribution in [1.82, 2.24) is 20.1 Å². The van der Waals surface area contributed by atoms with Crippen molar-refractivity contribution in [3.8, 4) is 0 Å². The minimum absolute atomic E-state index is 0.0188. The van der Waals surface area contributed by atoms with Gasteiger partial charge in [0.1, 0.15) is 12.4 Å². The molecule has 1 amide bonds. The average molecular weight is 327 g/mol. The summed E-state index contributed by atoms with van der Waals surface area (Å²) in [5.41, 5.74) is 2.97. The standard InChI is InChI=1S/C18H25N5O/c1-13-6-4-8-17(19-13)22-9-5-7-16(11-22)20-18(24)12-23-15(3)10-14(2)21-23/h4,6,8,10,16H,5,7,9,11-12H2,1-3H3,(H,20,24)/t16-/m1/s1. The summed E-state index contributed by atoms with van der Waals surface area (Å²) in [7, 11) is 0. The zero-order valence-electron chi connectivity index (χ0n) is 14.6. The van der Waals surface area contributed by atoms with E-state index < -0.39 is 0 Å². The Labute approximate surface area is 142 Å². The van der Waals surface area contributed by atoms with Crippen LogP contribution in [-0.4, -0.2) is 39.8 Å². The molecule has 2 aromatic rings. The number of pyridine rings is 1. The predicted molar refractivity (Wildman–Crippen MR) is 94.1 cm³/mol. The summed E-state index contributed by atoms with van der Waals surface area (Å²) in [6.07, 6.45) is 2.06. The first-order valence-electron chi connectivity index (χ1n) is 8.50. The molecule has 1 aliphatic heterocycles. The lowest BCUT2D eigenvalue weighted by Crippen LogP contribution is -2.48. The molecule has 0 radical (unpaired) electrons. The molecule has 2 aromatic heterocycles. The van der Waals surface area contributed by atoms with Crippen LogP contribution in [0.25, 0.3) is 0 Å². The quantitative estimate of drug-likeness (QED) is 0.933. The number of rotatable bonds is 4. The van der Waals surface area contributed by atoms with Gasteiger partial charge in [-0.1, -0.05) is 6.07 Å². The van der Waals surface area contributed by atoms with Crippen molar-refractivity contribution >= 4 is 11.7 Å². The molecule has 0 spiro atoms. The Hall–Kier alpha value is -2.37. The third kappa shape index (κ3) is 3.93. The third-order valence-corrected chi connectivity index (χ3v) is 4.38. The highest BCUT2D eigenvalue weighted by Crippen LogP contribution is 2.18. The second kappa shape index (κ2) is 7.03. The van der Waals surface area contributed by atoms with Crippen molar-refractivity contribution in [2.75, 3.05) is 18.0 Å². The van der Waals surface area contributed by atoms with E-state index in [1.165, 1.54) is 0 Å². The largest absolute Gasteiger partial charge is 0.355 e. The molecular formula is C18H25N5O. The van der Waals surface area contributed by atoms with E-state index in [-0.39, 0.29) is 18.5 Å². The molecule has 24 heavy (non-hydrogen) atoms. The van der Waals surface area contributed by atoms with Crippen LogP contribution in [0, 0.1) is 20.8 Å². The topological polar surface area (TPSA) is 63.1 Å². The van der Waals surface area contributed by atoms with Crippen LogP contribution in [0.3, 0.4) is 0 Å². The van der Waals surface area contributed by atoms with E-state index in [1.54, 1.807) is 4.68 Å². The van der Waals surface area contributed by atoms with Crippen LogP contribution in [0.1, 0.15) is 29.9 Å². The Morgan fingerprint density at radius 2 is 2.12 bits per heavy atom. The van der Waals surface area contributed by atoms with Gasteiger partial charge >= 0.3 is 0 Å². The molecule has 1 atom stereocenters. The Balaban J connectivity index is 1.59. The van der Waals surface area contributed by atoms with Crippen molar-refractivity contribution in [3.05, 3.63) is 41.3 Å². The Morgan fingerprint density at radius 3 is 2.83 bits per heavy atom. The molecule has 3 rings (SSSR count). The molecule has 0 unspecified atom stereocenters. The SMILES string of the molecule is Cc1cccc(N2CCC[C@@H](NC(=O)Cn3nc(C)cc3C)C2)n1. The van der Waals surface area contributed by atoms with Gasteiger partial charge in [0, 0.05) is 30.5 Å². The summed E-state index contributed by atoms with van der Waals surface area (Å²) in [6, 6.07) is 8.21. The van der Waals surface area contributed by atoms with Gasteiger partial charge in [0.05, 0.1) is 5.69 Å². The van der Waals surface area contributed by atoms with Crippen molar-refractivity contribution in [2.45, 2.75) is 46.2 Å². The van der Waals surface area contributed by atoms with E-state index in [9.17, 15) is 4.79 Å². The summed E-state index contributed by atoms with van der Waals surface area (Å²) >= 11 is 0. The van der Waals surface area contributed by atoms with Crippen LogP contribution in [0.4, 0.5) is 5.82 Å². The van der Waals surface area contributed by atoms with Crippen molar-refractivity contribution < 1.29 is 4.79 Å². The second-order valence-electron chi connectivity index (χ2n) is 6.57. The van der Waals surface area contributed by atoms with Gasteiger partial charge in [0.15, 0.2) is 0 Å². The van der Waals surface area contributed by atoms with Crippen LogP contribution < -0.4 is 10.2 Å². The van der Waals surface area contributed by atoms with Crippen LogP contribution in [0.2, 0.25) is 0 Å². The maximum Gasteiger partial charge on any atom is 0.242 e. The Bertz CT molecular complexity index is 724. The lowest BCUT2D eigenvalue weighted by molar-refractivity contribution is -0.122. The van der Waals surface area contributed by atoms with Gasteiger partial charge in [0.2, 0.25) is 5.91 Å². The number of piperidine rings is 1. The molecule has 1 saturated heterocycles. The number of aromatic nitrogens is 3. The highest BCUT2D eigenvalue weighted by Gasteiger charge is 2.22. The van der Waals surface area contributed by atoms with Crippen molar-refractivity contribution in [3.63, 3.8) is 0 Å². The second-order valence-corrected chi connectivity index (χ2v) is 6.57. The summed E-state index contributed by atoms with van der Waals surface area (Å²) in [6.45, 7) is 7.98. The first-order chi connectivity index (χ1) is 11.5. The molecule has 1 N–H and O–H groups in total. The van der Waals surface area contributed by atoms with Gasteiger partial charge in [-0.15, -0.1) is 0 Å². The smallest absolute Gasteiger partial charge is 0.242 e. The number of nitrogens with zero attached hydrogens (tertiary/aromatic N) is 4. The molecule has 0 aliphatic carbocycles. The first-order valence-corrected chi connectivity index (χ1v) is 8.50. The molecule has 3 heterocycles. The zero-order chi connectivity index (χ0) is 17.1. The summed E-state index contributed by atoms with van der Waals surface area (Å²) in [4.78, 5) is 19.2. The first kappa shape index (κ1) is 16.5. The number of nitrogens with one attached hydrogen (secondary N) is 1. The van der Waals surface area contributed by atoms with E-state index in [2.05, 4.69) is 20.3 Å². The number of carbonyl (C=O) groups excluding carboxylic acids is 1. The summed E-state index contributed by atoms with van der Waals surface area (Å²) in [5.74, 6) is 1.01. The van der Waals surface area contributed by atoms with E-state index in [4.69, 9.17) is 0 Å². The Kier molecular flexibility index (Phi) is 4.83. The van der Waals surface area contributed by atoms with E-state index in [0.717, 1.165) is 48.8 Å². The predicted octanol–water partition coefficient (Wildman–Crippen LogP) is 1.99. The number of amides is 1. The number of carbonyl (C=O) groups is 1. The van der Waals surface area contributed by atoms with Crippen LogP contribution in [0.5, 0.6) is 0 Å². The fourth-order valence-electron chi connectivity index (χ4n) is 3.25. The number of anilines is 1. The number of hydrogen-bond acceptors (Lipinski definition) is 4. The highest BCUT2D eigenvalue weighted by molar-refractivity contribution is 5.76.